The number of sulfonamides is 1. The van der Waals surface area contributed by atoms with Crippen molar-refractivity contribution in [3.8, 4) is 5.75 Å². The van der Waals surface area contributed by atoms with Crippen molar-refractivity contribution in [2.45, 2.75) is 10.8 Å². The predicted molar refractivity (Wildman–Crippen MR) is 82.7 cm³/mol. The van der Waals surface area contributed by atoms with Gasteiger partial charge in [-0.3, -0.25) is 0 Å². The lowest BCUT2D eigenvalue weighted by Gasteiger charge is -2.10. The molecule has 1 N–H and O–H groups in total. The van der Waals surface area contributed by atoms with Crippen LogP contribution in [0.2, 0.25) is 0 Å². The molecule has 0 saturated heterocycles. The van der Waals surface area contributed by atoms with Crippen molar-refractivity contribution in [3.05, 3.63) is 46.8 Å². The molecule has 0 bridgehead atoms. The molecule has 22 heavy (non-hydrogen) atoms. The summed E-state index contributed by atoms with van der Waals surface area (Å²) in [5.74, 6) is -0.170. The molecule has 0 amide bonds. The second kappa shape index (κ2) is 6.91. The molecule has 1 aromatic heterocycles. The Labute approximate surface area is 132 Å². The smallest absolute Gasteiger partial charge is 0.341 e. The Balaban J connectivity index is 2.19. The lowest BCUT2D eigenvalue weighted by atomic mass is 10.1. The quantitative estimate of drug-likeness (QED) is 0.813. The molecule has 0 aliphatic rings. The van der Waals surface area contributed by atoms with E-state index in [-0.39, 0.29) is 16.3 Å². The number of carbonyl (C=O) groups excluding carboxylic acids is 1. The van der Waals surface area contributed by atoms with Crippen LogP contribution in [0.25, 0.3) is 0 Å². The third-order valence-corrected chi connectivity index (χ3v) is 5.69. The highest BCUT2D eigenvalue weighted by Crippen LogP contribution is 2.21. The zero-order valence-electron chi connectivity index (χ0n) is 12.0. The molecular weight excluding hydrogens is 326 g/mol. The summed E-state index contributed by atoms with van der Waals surface area (Å²) in [4.78, 5) is 11.7. The predicted octanol–water partition coefficient (Wildman–Crippen LogP) is 2.02. The van der Waals surface area contributed by atoms with Crippen molar-refractivity contribution in [1.82, 2.24) is 4.72 Å². The third kappa shape index (κ3) is 3.65. The van der Waals surface area contributed by atoms with Gasteiger partial charge in [0.15, 0.2) is 0 Å². The van der Waals surface area contributed by atoms with Crippen molar-refractivity contribution in [2.75, 3.05) is 14.2 Å². The molecule has 0 unspecified atom stereocenters. The Bertz CT molecular complexity index is 754. The molecule has 1 heterocycles. The van der Waals surface area contributed by atoms with E-state index in [9.17, 15) is 13.2 Å². The third-order valence-electron chi connectivity index (χ3n) is 2.90. The van der Waals surface area contributed by atoms with Crippen LogP contribution < -0.4 is 9.46 Å². The summed E-state index contributed by atoms with van der Waals surface area (Å²) < 4.78 is 36.6. The Kier molecular flexibility index (Phi) is 5.17. The monoisotopic (exact) mass is 341 g/mol. The van der Waals surface area contributed by atoms with Crippen LogP contribution >= 0.6 is 11.3 Å². The molecular formula is C14H15NO5S2. The van der Waals surface area contributed by atoms with Crippen molar-refractivity contribution in [1.29, 1.82) is 0 Å². The maximum absolute atomic E-state index is 12.0. The van der Waals surface area contributed by atoms with Gasteiger partial charge < -0.3 is 9.47 Å². The number of carbonyl (C=O) groups is 1. The van der Waals surface area contributed by atoms with Gasteiger partial charge in [0.05, 0.1) is 14.2 Å². The second-order valence-electron chi connectivity index (χ2n) is 4.28. The SMILES string of the molecule is COC(=O)c1cc(CNS(=O)(=O)c2cccs2)ccc1OC. The molecule has 2 rings (SSSR count). The largest absolute Gasteiger partial charge is 0.496 e. The van der Waals surface area contributed by atoms with Crippen LogP contribution in [0.4, 0.5) is 0 Å². The topological polar surface area (TPSA) is 81.7 Å². The fourth-order valence-electron chi connectivity index (χ4n) is 1.80. The van der Waals surface area contributed by atoms with Gasteiger partial charge in [-0.1, -0.05) is 12.1 Å². The van der Waals surface area contributed by atoms with Crippen LogP contribution in [-0.4, -0.2) is 28.6 Å². The molecule has 0 aliphatic heterocycles. The zero-order chi connectivity index (χ0) is 16.2. The van der Waals surface area contributed by atoms with Crippen molar-refractivity contribution in [2.24, 2.45) is 0 Å². The molecule has 0 aliphatic carbocycles. The summed E-state index contributed by atoms with van der Waals surface area (Å²) in [6.45, 7) is 0.0637. The van der Waals surface area contributed by atoms with Crippen molar-refractivity contribution in [3.63, 3.8) is 0 Å². The van der Waals surface area contributed by atoms with E-state index < -0.39 is 16.0 Å². The van der Waals surface area contributed by atoms with E-state index in [0.29, 0.717) is 11.3 Å². The van der Waals surface area contributed by atoms with Gasteiger partial charge in [-0.25, -0.2) is 17.9 Å². The average Bonchev–Trinajstić information content (AvgIpc) is 3.07. The molecule has 8 heteroatoms. The minimum Gasteiger partial charge on any atom is -0.496 e. The Morgan fingerprint density at radius 1 is 1.27 bits per heavy atom. The first-order chi connectivity index (χ1) is 10.5. The van der Waals surface area contributed by atoms with Gasteiger partial charge in [-0.05, 0) is 29.1 Å². The Morgan fingerprint density at radius 2 is 2.05 bits per heavy atom. The van der Waals surface area contributed by atoms with Crippen LogP contribution in [0.15, 0.2) is 39.9 Å². The van der Waals surface area contributed by atoms with Gasteiger partial charge >= 0.3 is 5.97 Å². The number of methoxy groups -OCH3 is 2. The van der Waals surface area contributed by atoms with Crippen LogP contribution in [0, 0.1) is 0 Å². The number of esters is 1. The fourth-order valence-corrected chi connectivity index (χ4v) is 3.86. The highest BCUT2D eigenvalue weighted by molar-refractivity contribution is 7.91. The minimum absolute atomic E-state index is 0.0637. The number of rotatable bonds is 6. The number of ether oxygens (including phenoxy) is 2. The number of hydrogen-bond acceptors (Lipinski definition) is 6. The normalized spacial score (nSPS) is 11.2. The molecule has 118 valence electrons. The minimum atomic E-state index is -3.55. The summed E-state index contributed by atoms with van der Waals surface area (Å²) in [5.41, 5.74) is 0.874. The van der Waals surface area contributed by atoms with E-state index in [2.05, 4.69) is 9.46 Å². The summed E-state index contributed by atoms with van der Waals surface area (Å²) in [7, 11) is -0.831. The standard InChI is InChI=1S/C14H15NO5S2/c1-19-12-6-5-10(8-11(12)14(16)20-2)9-15-22(17,18)13-4-3-7-21-13/h3-8,15H,9H2,1-2H3. The van der Waals surface area contributed by atoms with E-state index in [0.717, 1.165) is 11.3 Å². The van der Waals surface area contributed by atoms with Crippen LogP contribution in [0.3, 0.4) is 0 Å². The summed E-state index contributed by atoms with van der Waals surface area (Å²) in [5, 5.41) is 1.69. The first kappa shape index (κ1) is 16.5. The first-order valence-electron chi connectivity index (χ1n) is 6.26. The molecule has 0 fully saturated rings. The van der Waals surface area contributed by atoms with Crippen LogP contribution in [-0.2, 0) is 21.3 Å². The maximum Gasteiger partial charge on any atom is 0.341 e. The molecule has 0 atom stereocenters. The molecule has 0 spiro atoms. The second-order valence-corrected chi connectivity index (χ2v) is 7.22. The number of thiophene rings is 1. The van der Waals surface area contributed by atoms with E-state index >= 15 is 0 Å². The first-order valence-corrected chi connectivity index (χ1v) is 8.62. The van der Waals surface area contributed by atoms with Gasteiger partial charge in [0.2, 0.25) is 10.0 Å². The fraction of sp³-hybridized carbons (Fsp3) is 0.214. The van der Waals surface area contributed by atoms with E-state index in [1.54, 1.807) is 29.6 Å². The average molecular weight is 341 g/mol. The molecule has 0 radical (unpaired) electrons. The Morgan fingerprint density at radius 3 is 2.64 bits per heavy atom. The molecule has 2 aromatic rings. The van der Waals surface area contributed by atoms with Crippen LogP contribution in [0.5, 0.6) is 5.75 Å². The van der Waals surface area contributed by atoms with E-state index in [1.165, 1.54) is 20.3 Å². The molecule has 6 nitrogen and oxygen atoms in total. The summed E-state index contributed by atoms with van der Waals surface area (Å²) in [6.07, 6.45) is 0. The number of hydrogen-bond donors (Lipinski definition) is 1. The van der Waals surface area contributed by atoms with Crippen molar-refractivity contribution < 1.29 is 22.7 Å². The van der Waals surface area contributed by atoms with Gasteiger partial charge in [0, 0.05) is 6.54 Å². The number of nitrogens with one attached hydrogen (secondary N) is 1. The summed E-state index contributed by atoms with van der Waals surface area (Å²) >= 11 is 1.14. The van der Waals surface area contributed by atoms with Crippen molar-refractivity contribution >= 4 is 27.3 Å². The van der Waals surface area contributed by atoms with Gasteiger partial charge in [0.1, 0.15) is 15.5 Å². The van der Waals surface area contributed by atoms with Crippen LogP contribution in [0.1, 0.15) is 15.9 Å². The van der Waals surface area contributed by atoms with E-state index in [1.807, 2.05) is 0 Å². The zero-order valence-corrected chi connectivity index (χ0v) is 13.7. The highest BCUT2D eigenvalue weighted by Gasteiger charge is 2.17. The highest BCUT2D eigenvalue weighted by atomic mass is 32.2. The number of benzene rings is 1. The van der Waals surface area contributed by atoms with Gasteiger partial charge in [-0.2, -0.15) is 0 Å². The molecule has 1 aromatic carbocycles. The van der Waals surface area contributed by atoms with Gasteiger partial charge in [0.25, 0.3) is 0 Å². The van der Waals surface area contributed by atoms with Gasteiger partial charge in [-0.15, -0.1) is 11.3 Å². The Hall–Kier alpha value is -1.90. The lowest BCUT2D eigenvalue weighted by Crippen LogP contribution is -2.22. The summed E-state index contributed by atoms with van der Waals surface area (Å²) in [6, 6.07) is 8.02. The molecule has 0 saturated carbocycles. The lowest BCUT2D eigenvalue weighted by molar-refractivity contribution is 0.0597. The maximum atomic E-state index is 12.0. The van der Waals surface area contributed by atoms with E-state index in [4.69, 9.17) is 4.74 Å².